The lowest BCUT2D eigenvalue weighted by Gasteiger charge is -2.10. The first-order valence-corrected chi connectivity index (χ1v) is 15.8. The third-order valence-electron chi connectivity index (χ3n) is 9.23. The summed E-state index contributed by atoms with van der Waals surface area (Å²) in [4.78, 5) is 4.98. The molecule has 3 heterocycles. The average Bonchev–Trinajstić information content (AvgIpc) is 3.83. The largest absolute Gasteiger partial charge is 0.456 e. The van der Waals surface area contributed by atoms with E-state index in [1.54, 1.807) is 0 Å². The summed E-state index contributed by atoms with van der Waals surface area (Å²) < 4.78 is 15.2. The molecule has 7 aromatic carbocycles. The summed E-state index contributed by atoms with van der Waals surface area (Å²) in [5.41, 5.74) is 12.2. The zero-order valence-electron chi connectivity index (χ0n) is 25.2. The molecule has 0 bridgehead atoms. The van der Waals surface area contributed by atoms with Crippen molar-refractivity contribution in [2.24, 2.45) is 0 Å². The molecule has 0 aliphatic heterocycles. The lowest BCUT2D eigenvalue weighted by Crippen LogP contribution is -1.94. The Hall–Kier alpha value is -6.39. The van der Waals surface area contributed by atoms with Gasteiger partial charge in [0.1, 0.15) is 16.7 Å². The number of nitrogens with zero attached hydrogens (tertiary/aromatic N) is 2. The van der Waals surface area contributed by atoms with Gasteiger partial charge in [0, 0.05) is 27.4 Å². The van der Waals surface area contributed by atoms with Crippen LogP contribution in [0.25, 0.3) is 94.2 Å². The Morgan fingerprint density at radius 3 is 1.91 bits per heavy atom. The van der Waals surface area contributed by atoms with E-state index in [4.69, 9.17) is 13.8 Å². The second-order valence-electron chi connectivity index (χ2n) is 12.0. The molecule has 10 aromatic rings. The third kappa shape index (κ3) is 4.05. The normalized spacial score (nSPS) is 11.8. The second kappa shape index (κ2) is 10.1. The van der Waals surface area contributed by atoms with E-state index in [1.807, 2.05) is 24.3 Å². The number of furan rings is 1. The van der Waals surface area contributed by atoms with Crippen molar-refractivity contribution in [1.29, 1.82) is 0 Å². The summed E-state index contributed by atoms with van der Waals surface area (Å²) in [7, 11) is 0. The maximum Gasteiger partial charge on any atom is 0.227 e. The molecule has 0 fully saturated rings. The van der Waals surface area contributed by atoms with Crippen molar-refractivity contribution in [2.45, 2.75) is 0 Å². The number of oxazole rings is 1. The number of rotatable bonds is 4. The molecule has 0 atom stereocenters. The first-order valence-electron chi connectivity index (χ1n) is 15.8. The maximum absolute atomic E-state index is 6.62. The summed E-state index contributed by atoms with van der Waals surface area (Å²) in [6.45, 7) is 0. The molecule has 4 heteroatoms. The number of hydrogen-bond acceptors (Lipinski definition) is 3. The van der Waals surface area contributed by atoms with Gasteiger partial charge in [-0.25, -0.2) is 4.98 Å². The van der Waals surface area contributed by atoms with Gasteiger partial charge in [-0.15, -0.1) is 0 Å². The van der Waals surface area contributed by atoms with E-state index >= 15 is 0 Å². The fourth-order valence-corrected chi connectivity index (χ4v) is 7.02. The highest BCUT2D eigenvalue weighted by Gasteiger charge is 2.19. The van der Waals surface area contributed by atoms with Crippen LogP contribution in [-0.2, 0) is 0 Å². The van der Waals surface area contributed by atoms with E-state index in [-0.39, 0.29) is 0 Å². The van der Waals surface area contributed by atoms with Gasteiger partial charge in [0.15, 0.2) is 5.58 Å². The lowest BCUT2D eigenvalue weighted by atomic mass is 10.0. The smallest absolute Gasteiger partial charge is 0.227 e. The van der Waals surface area contributed by atoms with Crippen LogP contribution in [0.3, 0.4) is 0 Å². The molecule has 3 aromatic heterocycles. The Kier molecular flexibility index (Phi) is 5.54. The topological polar surface area (TPSA) is 44.1 Å². The van der Waals surface area contributed by atoms with E-state index in [9.17, 15) is 0 Å². The van der Waals surface area contributed by atoms with E-state index < -0.39 is 0 Å². The molecule has 0 saturated carbocycles. The van der Waals surface area contributed by atoms with Crippen LogP contribution in [0.15, 0.2) is 167 Å². The molecule has 220 valence electrons. The highest BCUT2D eigenvalue weighted by molar-refractivity contribution is 6.17. The van der Waals surface area contributed by atoms with Gasteiger partial charge < -0.3 is 13.4 Å². The summed E-state index contributed by atoms with van der Waals surface area (Å²) in [5.74, 6) is 0.589. The predicted octanol–water partition coefficient (Wildman–Crippen LogP) is 11.8. The molecular weight excluding hydrogens is 576 g/mol. The van der Waals surface area contributed by atoms with Crippen molar-refractivity contribution in [2.75, 3.05) is 0 Å². The zero-order chi connectivity index (χ0) is 30.9. The first kappa shape index (κ1) is 25.9. The SMILES string of the molecule is c1ccc(-c2cccc(-n3c4ccccc4c4cc(-c5nc6ccc7oc8ccc(-c9ccccc9)cc8c7c6o5)ccc43)c2)cc1. The van der Waals surface area contributed by atoms with Crippen LogP contribution in [0.4, 0.5) is 0 Å². The first-order chi connectivity index (χ1) is 23.3. The van der Waals surface area contributed by atoms with Gasteiger partial charge in [-0.2, -0.15) is 0 Å². The van der Waals surface area contributed by atoms with Gasteiger partial charge in [-0.1, -0.05) is 97.1 Å². The van der Waals surface area contributed by atoms with E-state index in [2.05, 4.69) is 138 Å². The summed E-state index contributed by atoms with van der Waals surface area (Å²) in [6.07, 6.45) is 0. The molecule has 0 saturated heterocycles. The van der Waals surface area contributed by atoms with Gasteiger partial charge >= 0.3 is 0 Å². The molecule has 0 spiro atoms. The van der Waals surface area contributed by atoms with Crippen molar-refractivity contribution in [3.8, 4) is 39.4 Å². The number of hydrogen-bond donors (Lipinski definition) is 0. The molecule has 47 heavy (non-hydrogen) atoms. The zero-order valence-corrected chi connectivity index (χ0v) is 25.2. The Balaban J connectivity index is 1.14. The highest BCUT2D eigenvalue weighted by Crippen LogP contribution is 2.40. The van der Waals surface area contributed by atoms with Crippen LogP contribution < -0.4 is 0 Å². The Morgan fingerprint density at radius 1 is 0.426 bits per heavy atom. The van der Waals surface area contributed by atoms with Crippen LogP contribution >= 0.6 is 0 Å². The van der Waals surface area contributed by atoms with Crippen LogP contribution in [0.2, 0.25) is 0 Å². The van der Waals surface area contributed by atoms with Crippen molar-refractivity contribution in [3.05, 3.63) is 158 Å². The minimum absolute atomic E-state index is 0.589. The molecule has 10 rings (SSSR count). The van der Waals surface area contributed by atoms with Crippen molar-refractivity contribution < 1.29 is 8.83 Å². The predicted molar refractivity (Wildman–Crippen MR) is 192 cm³/mol. The van der Waals surface area contributed by atoms with Gasteiger partial charge in [0.25, 0.3) is 0 Å². The van der Waals surface area contributed by atoms with Crippen molar-refractivity contribution in [3.63, 3.8) is 0 Å². The van der Waals surface area contributed by atoms with E-state index in [1.165, 1.54) is 16.5 Å². The summed E-state index contributed by atoms with van der Waals surface area (Å²) in [6, 6.07) is 55.1. The van der Waals surface area contributed by atoms with Crippen LogP contribution in [0, 0.1) is 0 Å². The molecule has 0 unspecified atom stereocenters. The van der Waals surface area contributed by atoms with Gasteiger partial charge in [-0.3, -0.25) is 0 Å². The second-order valence-corrected chi connectivity index (χ2v) is 12.0. The summed E-state index contributed by atoms with van der Waals surface area (Å²) >= 11 is 0. The minimum Gasteiger partial charge on any atom is -0.456 e. The number of aromatic nitrogens is 2. The molecule has 0 aliphatic rings. The monoisotopic (exact) mass is 602 g/mol. The molecule has 0 radical (unpaired) electrons. The van der Waals surface area contributed by atoms with E-state index in [0.29, 0.717) is 5.89 Å². The minimum atomic E-state index is 0.589. The highest BCUT2D eigenvalue weighted by atomic mass is 16.4. The third-order valence-corrected chi connectivity index (χ3v) is 9.23. The molecule has 0 amide bonds. The van der Waals surface area contributed by atoms with E-state index in [0.717, 1.165) is 71.8 Å². The number of benzene rings is 7. The van der Waals surface area contributed by atoms with Crippen molar-refractivity contribution in [1.82, 2.24) is 9.55 Å². The maximum atomic E-state index is 6.62. The average molecular weight is 603 g/mol. The fourth-order valence-electron chi connectivity index (χ4n) is 7.02. The van der Waals surface area contributed by atoms with Gasteiger partial charge in [-0.05, 0) is 82.9 Å². The number of para-hydroxylation sites is 1. The quantitative estimate of drug-likeness (QED) is 0.201. The fraction of sp³-hybridized carbons (Fsp3) is 0. The number of fused-ring (bicyclic) bond motifs is 8. The van der Waals surface area contributed by atoms with Crippen molar-refractivity contribution >= 4 is 54.8 Å². The lowest BCUT2D eigenvalue weighted by molar-refractivity contribution is 0.622. The molecule has 4 nitrogen and oxygen atoms in total. The van der Waals surface area contributed by atoms with Gasteiger partial charge in [0.2, 0.25) is 5.89 Å². The van der Waals surface area contributed by atoms with Crippen LogP contribution in [-0.4, -0.2) is 9.55 Å². The standard InChI is InChI=1S/C43H26N2O2/c1-3-10-27(11-4-1)29-14-9-15-32(24-29)45-37-17-8-7-16-33(37)34-26-31(18-21-38(34)45)43-44-36-20-23-40-41(42(36)47-43)35-25-30(19-22-39(35)46-40)28-12-5-2-6-13-28/h1-26H. The molecule has 0 N–H and O–H groups in total. The molecular formula is C43H26N2O2. The Labute approximate surface area is 269 Å². The Bertz CT molecular complexity index is 2790. The van der Waals surface area contributed by atoms with Gasteiger partial charge in [0.05, 0.1) is 16.4 Å². The van der Waals surface area contributed by atoms with Crippen LogP contribution in [0.5, 0.6) is 0 Å². The molecule has 0 aliphatic carbocycles. The van der Waals surface area contributed by atoms with Crippen LogP contribution in [0.1, 0.15) is 0 Å². The summed E-state index contributed by atoms with van der Waals surface area (Å²) in [5, 5.41) is 4.30. The Morgan fingerprint density at radius 2 is 1.09 bits per heavy atom.